The number of carboxylic acid groups (broad SMARTS) is 1. The van der Waals surface area contributed by atoms with Gasteiger partial charge in [-0.3, -0.25) is 19.5 Å². The van der Waals surface area contributed by atoms with Crippen LogP contribution in [-0.2, 0) is 6.42 Å². The van der Waals surface area contributed by atoms with E-state index < -0.39 is 6.09 Å². The number of benzene rings is 3. The first-order chi connectivity index (χ1) is 17.4. The minimum atomic E-state index is -1.05. The Labute approximate surface area is 209 Å². The third kappa shape index (κ3) is 5.82. The molecule has 180 valence electrons. The normalized spacial score (nSPS) is 10.5. The third-order valence-corrected chi connectivity index (χ3v) is 5.72. The van der Waals surface area contributed by atoms with Crippen LogP contribution >= 0.6 is 0 Å². The predicted molar refractivity (Wildman–Crippen MR) is 140 cm³/mol. The largest absolute Gasteiger partial charge is 0.465 e. The van der Waals surface area contributed by atoms with Crippen LogP contribution in [0.25, 0.3) is 11.1 Å². The molecule has 0 aliphatic carbocycles. The van der Waals surface area contributed by atoms with Crippen LogP contribution in [0, 0.1) is 0 Å². The van der Waals surface area contributed by atoms with Crippen LogP contribution in [0.3, 0.4) is 0 Å². The molecule has 4 aromatic rings. The Morgan fingerprint density at radius 2 is 1.64 bits per heavy atom. The molecule has 0 aliphatic heterocycles. The summed E-state index contributed by atoms with van der Waals surface area (Å²) in [4.78, 5) is 42.3. The van der Waals surface area contributed by atoms with Gasteiger partial charge in [-0.05, 0) is 54.4 Å². The summed E-state index contributed by atoms with van der Waals surface area (Å²) in [7, 11) is 0. The van der Waals surface area contributed by atoms with Crippen LogP contribution in [0.4, 0.5) is 16.2 Å². The number of aromatic nitrogens is 1. The summed E-state index contributed by atoms with van der Waals surface area (Å²) in [5, 5.41) is 12.5. The van der Waals surface area contributed by atoms with E-state index in [2.05, 4.69) is 10.3 Å². The molecule has 7 nitrogen and oxygen atoms in total. The van der Waals surface area contributed by atoms with Gasteiger partial charge in [-0.25, -0.2) is 4.79 Å². The zero-order valence-electron chi connectivity index (χ0n) is 19.7. The maximum atomic E-state index is 13.2. The van der Waals surface area contributed by atoms with Gasteiger partial charge in [-0.2, -0.15) is 0 Å². The number of nitrogens with zero attached hydrogens (tertiary/aromatic N) is 2. The lowest BCUT2D eigenvalue weighted by atomic mass is 9.97. The second-order valence-electron chi connectivity index (χ2n) is 8.19. The van der Waals surface area contributed by atoms with Crippen molar-refractivity contribution < 1.29 is 19.5 Å². The molecule has 0 bridgehead atoms. The van der Waals surface area contributed by atoms with Crippen LogP contribution in [0.1, 0.15) is 33.3 Å². The Morgan fingerprint density at radius 1 is 0.889 bits per heavy atom. The van der Waals surface area contributed by atoms with Crippen molar-refractivity contribution in [2.24, 2.45) is 0 Å². The number of carbonyl (C=O) groups excluding carboxylic acids is 2. The Bertz CT molecular complexity index is 1400. The van der Waals surface area contributed by atoms with Crippen LogP contribution in [-0.4, -0.2) is 34.4 Å². The van der Waals surface area contributed by atoms with Crippen molar-refractivity contribution in [3.8, 4) is 11.1 Å². The highest BCUT2D eigenvalue weighted by Gasteiger charge is 2.16. The number of ketones is 1. The van der Waals surface area contributed by atoms with Crippen LogP contribution in [0.5, 0.6) is 0 Å². The maximum Gasteiger partial charge on any atom is 0.411 e. The fourth-order valence-corrected chi connectivity index (χ4v) is 3.90. The monoisotopic (exact) mass is 479 g/mol. The van der Waals surface area contributed by atoms with E-state index in [9.17, 15) is 19.5 Å². The van der Waals surface area contributed by atoms with Gasteiger partial charge in [0.1, 0.15) is 0 Å². The fourth-order valence-electron chi connectivity index (χ4n) is 3.90. The predicted octanol–water partition coefficient (Wildman–Crippen LogP) is 5.93. The number of pyridine rings is 1. The first kappa shape index (κ1) is 24.3. The number of para-hydroxylation sites is 1. The van der Waals surface area contributed by atoms with Crippen LogP contribution in [0.15, 0.2) is 97.2 Å². The molecule has 0 saturated heterocycles. The van der Waals surface area contributed by atoms with Gasteiger partial charge < -0.3 is 10.4 Å². The molecule has 0 spiro atoms. The van der Waals surface area contributed by atoms with Gasteiger partial charge in [0, 0.05) is 47.4 Å². The van der Waals surface area contributed by atoms with Crippen molar-refractivity contribution in [3.63, 3.8) is 0 Å². The van der Waals surface area contributed by atoms with Crippen molar-refractivity contribution in [2.75, 3.05) is 16.8 Å². The third-order valence-electron chi connectivity index (χ3n) is 5.72. The minimum absolute atomic E-state index is 0.0446. The van der Waals surface area contributed by atoms with Crippen LogP contribution in [0.2, 0.25) is 0 Å². The summed E-state index contributed by atoms with van der Waals surface area (Å²) in [6.07, 6.45) is 0.913. The average molecular weight is 480 g/mol. The van der Waals surface area contributed by atoms with Crippen molar-refractivity contribution in [1.82, 2.24) is 4.98 Å². The molecule has 36 heavy (non-hydrogen) atoms. The molecule has 1 aromatic heterocycles. The zero-order chi connectivity index (χ0) is 25.5. The Morgan fingerprint density at radius 3 is 2.39 bits per heavy atom. The molecule has 0 aliphatic rings. The highest BCUT2D eigenvalue weighted by atomic mass is 16.4. The smallest absolute Gasteiger partial charge is 0.411 e. The lowest BCUT2D eigenvalue weighted by Crippen LogP contribution is -2.31. The summed E-state index contributed by atoms with van der Waals surface area (Å²) in [5.74, 6) is -0.343. The van der Waals surface area contributed by atoms with Crippen molar-refractivity contribution >= 4 is 29.2 Å². The number of nitrogens with one attached hydrogen (secondary N) is 1. The van der Waals surface area contributed by atoms with Gasteiger partial charge >= 0.3 is 6.09 Å². The molecule has 0 atom stereocenters. The van der Waals surface area contributed by atoms with E-state index in [0.717, 1.165) is 5.56 Å². The van der Waals surface area contributed by atoms with Gasteiger partial charge in [0.15, 0.2) is 5.78 Å². The second kappa shape index (κ2) is 11.1. The molecule has 1 heterocycles. The number of Topliss-reactive ketones (excluding diaryl/α,β-unsaturated/α-hetero) is 1. The molecule has 0 fully saturated rings. The van der Waals surface area contributed by atoms with Gasteiger partial charge in [0.05, 0.1) is 0 Å². The first-order valence-corrected chi connectivity index (χ1v) is 11.4. The Kier molecular flexibility index (Phi) is 7.51. The molecule has 0 radical (unpaired) electrons. The number of hydrogen-bond donors (Lipinski definition) is 2. The first-order valence-electron chi connectivity index (χ1n) is 11.4. The molecule has 3 aromatic carbocycles. The average Bonchev–Trinajstić information content (AvgIpc) is 2.89. The lowest BCUT2D eigenvalue weighted by molar-refractivity contribution is 0.101. The number of anilines is 2. The molecule has 0 unspecified atom stereocenters. The molecular weight excluding hydrogens is 454 g/mol. The molecule has 2 amide bonds. The van der Waals surface area contributed by atoms with Crippen molar-refractivity contribution in [1.29, 1.82) is 0 Å². The highest BCUT2D eigenvalue weighted by molar-refractivity contribution is 6.09. The molecule has 7 heteroatoms. The topological polar surface area (TPSA) is 99.6 Å². The summed E-state index contributed by atoms with van der Waals surface area (Å²) >= 11 is 0. The van der Waals surface area contributed by atoms with Gasteiger partial charge in [-0.15, -0.1) is 0 Å². The standard InChI is InChI=1S/C29H25N3O4/c1-20(33)21-8-7-9-22(18-21)26-12-5-6-13-27(26)28(34)31-24-14-16-30-23(19-24)15-17-32(29(35)36)25-10-3-2-4-11-25/h2-14,16,18-19H,15,17H2,1H3,(H,35,36)(H,30,31,34). The summed E-state index contributed by atoms with van der Waals surface area (Å²) in [6, 6.07) is 26.7. The second-order valence-corrected chi connectivity index (χ2v) is 8.19. The minimum Gasteiger partial charge on any atom is -0.465 e. The molecule has 4 rings (SSSR count). The van der Waals surface area contributed by atoms with Crippen molar-refractivity contribution in [2.45, 2.75) is 13.3 Å². The van der Waals surface area contributed by atoms with E-state index >= 15 is 0 Å². The molecule has 0 saturated carbocycles. The number of rotatable bonds is 8. The van der Waals surface area contributed by atoms with E-state index in [1.54, 1.807) is 72.9 Å². The van der Waals surface area contributed by atoms with E-state index in [0.29, 0.717) is 40.2 Å². The molecule has 2 N–H and O–H groups in total. The fraction of sp³-hybridized carbons (Fsp3) is 0.103. The Hall–Kier alpha value is -4.78. The SMILES string of the molecule is CC(=O)c1cccc(-c2ccccc2C(=O)Nc2ccnc(CCN(C(=O)O)c3ccccc3)c2)c1. The van der Waals surface area contributed by atoms with E-state index in [1.807, 2.05) is 24.3 Å². The lowest BCUT2D eigenvalue weighted by Gasteiger charge is -2.19. The summed E-state index contributed by atoms with van der Waals surface area (Å²) < 4.78 is 0. The summed E-state index contributed by atoms with van der Waals surface area (Å²) in [6.45, 7) is 1.73. The number of hydrogen-bond acceptors (Lipinski definition) is 4. The zero-order valence-corrected chi connectivity index (χ0v) is 19.7. The van der Waals surface area contributed by atoms with Crippen molar-refractivity contribution in [3.05, 3.63) is 114 Å². The van der Waals surface area contributed by atoms with E-state index in [-0.39, 0.29) is 18.2 Å². The maximum absolute atomic E-state index is 13.2. The van der Waals surface area contributed by atoms with E-state index in [1.165, 1.54) is 11.8 Å². The van der Waals surface area contributed by atoms with Gasteiger partial charge in [0.2, 0.25) is 0 Å². The van der Waals surface area contributed by atoms with Gasteiger partial charge in [-0.1, -0.05) is 54.6 Å². The van der Waals surface area contributed by atoms with Crippen LogP contribution < -0.4 is 10.2 Å². The summed E-state index contributed by atoms with van der Waals surface area (Å²) in [5.41, 5.74) is 4.33. The highest BCUT2D eigenvalue weighted by Crippen LogP contribution is 2.26. The number of carbonyl (C=O) groups is 3. The number of amides is 2. The van der Waals surface area contributed by atoms with E-state index in [4.69, 9.17) is 0 Å². The van der Waals surface area contributed by atoms with Gasteiger partial charge in [0.25, 0.3) is 5.91 Å². The Balaban J connectivity index is 1.51. The quantitative estimate of drug-likeness (QED) is 0.305. The molecular formula is C29H25N3O4.